The number of rotatable bonds is 13. The van der Waals surface area contributed by atoms with Crippen LogP contribution in [0.15, 0.2) is 48.5 Å². The van der Waals surface area contributed by atoms with Crippen molar-refractivity contribution < 1.29 is 33.7 Å². The average molecular weight is 485 g/mol. The van der Waals surface area contributed by atoms with E-state index in [2.05, 4.69) is 10.6 Å². The predicted molar refractivity (Wildman–Crippen MR) is 129 cm³/mol. The minimum Gasteiger partial charge on any atom is -0.480 e. The summed E-state index contributed by atoms with van der Waals surface area (Å²) in [6, 6.07) is 13.9. The first-order valence-corrected chi connectivity index (χ1v) is 11.6. The van der Waals surface area contributed by atoms with Gasteiger partial charge in [0.15, 0.2) is 0 Å². The molecule has 0 spiro atoms. The van der Waals surface area contributed by atoms with Crippen molar-refractivity contribution in [3.8, 4) is 11.1 Å². The second kappa shape index (κ2) is 12.9. The van der Waals surface area contributed by atoms with Crippen LogP contribution in [0.2, 0.25) is 0 Å². The van der Waals surface area contributed by atoms with Gasteiger partial charge in [0.05, 0.1) is 0 Å². The molecule has 0 radical (unpaired) electrons. The summed E-state index contributed by atoms with van der Waals surface area (Å²) in [6.45, 7) is 0.682. The molecule has 3 rings (SSSR count). The number of carbonyl (C=O) groups excluding carboxylic acids is 2. The van der Waals surface area contributed by atoms with Gasteiger partial charge in [0, 0.05) is 39.8 Å². The molecule has 1 aliphatic rings. The molecule has 188 valence electrons. The Balaban J connectivity index is 1.62. The molecule has 0 saturated carbocycles. The number of carbonyl (C=O) groups is 3. The van der Waals surface area contributed by atoms with Crippen LogP contribution in [0.3, 0.4) is 0 Å². The normalized spacial score (nSPS) is 13.9. The number of alkyl carbamates (subject to hydrolysis) is 1. The highest BCUT2D eigenvalue weighted by Crippen LogP contribution is 2.44. The fraction of sp³-hybridized carbons (Fsp3) is 0.423. The van der Waals surface area contributed by atoms with Crippen LogP contribution >= 0.6 is 0 Å². The fourth-order valence-corrected chi connectivity index (χ4v) is 4.25. The molecule has 0 saturated heterocycles. The van der Waals surface area contributed by atoms with Gasteiger partial charge in [-0.15, -0.1) is 0 Å². The number of hydrogen-bond acceptors (Lipinski definition) is 6. The molecule has 0 fully saturated rings. The third-order valence-corrected chi connectivity index (χ3v) is 6.02. The fourth-order valence-electron chi connectivity index (χ4n) is 4.25. The van der Waals surface area contributed by atoms with Crippen molar-refractivity contribution in [3.05, 3.63) is 59.7 Å². The number of carboxylic acid groups (broad SMARTS) is 1. The first-order valence-electron chi connectivity index (χ1n) is 11.6. The lowest BCUT2D eigenvalue weighted by Gasteiger charge is -2.22. The van der Waals surface area contributed by atoms with E-state index in [0.717, 1.165) is 22.3 Å². The number of carboxylic acids is 1. The van der Waals surface area contributed by atoms with Gasteiger partial charge in [0.1, 0.15) is 18.7 Å². The number of benzene rings is 2. The van der Waals surface area contributed by atoms with E-state index in [1.54, 1.807) is 0 Å². The molecule has 2 aromatic carbocycles. The number of nitrogens with one attached hydrogen (secondary N) is 2. The van der Waals surface area contributed by atoms with Gasteiger partial charge in [-0.2, -0.15) is 0 Å². The molecule has 0 bridgehead atoms. The van der Waals surface area contributed by atoms with Crippen LogP contribution in [0.25, 0.3) is 11.1 Å². The molecule has 2 unspecified atom stereocenters. The lowest BCUT2D eigenvalue weighted by molar-refractivity contribution is -0.142. The molecule has 9 heteroatoms. The summed E-state index contributed by atoms with van der Waals surface area (Å²) in [5, 5.41) is 14.5. The van der Waals surface area contributed by atoms with Gasteiger partial charge in [-0.25, -0.2) is 9.59 Å². The zero-order valence-corrected chi connectivity index (χ0v) is 20.0. The molecule has 2 atom stereocenters. The number of aliphatic carboxylic acids is 1. The largest absolute Gasteiger partial charge is 0.480 e. The van der Waals surface area contributed by atoms with E-state index in [1.165, 1.54) is 14.2 Å². The van der Waals surface area contributed by atoms with E-state index in [4.69, 9.17) is 14.2 Å². The van der Waals surface area contributed by atoms with Crippen LogP contribution in [0.5, 0.6) is 0 Å². The molecular weight excluding hydrogens is 452 g/mol. The minimum absolute atomic E-state index is 0.104. The Bertz CT molecular complexity index is 981. The third kappa shape index (κ3) is 6.80. The van der Waals surface area contributed by atoms with E-state index in [1.807, 2.05) is 48.5 Å². The monoisotopic (exact) mass is 484 g/mol. The van der Waals surface area contributed by atoms with E-state index in [9.17, 15) is 19.5 Å². The predicted octanol–water partition coefficient (Wildman–Crippen LogP) is 2.93. The molecule has 3 N–H and O–H groups in total. The standard InChI is InChI=1S/C26H32N2O7/c1-33-14-7-12-23(25(30)31)27-24(29)22(13-15-34-2)28-26(32)35-16-21-19-10-5-3-8-17(19)18-9-4-6-11-20(18)21/h3-6,8-11,21-23H,7,12-16H2,1-2H3,(H,27,29)(H,28,32)(H,30,31). The summed E-state index contributed by atoms with van der Waals surface area (Å²) in [5.74, 6) is -1.88. The molecule has 0 aliphatic heterocycles. The highest BCUT2D eigenvalue weighted by molar-refractivity contribution is 5.89. The SMILES string of the molecule is COCCCC(NC(=O)C(CCOC)NC(=O)OCC1c2ccccc2-c2ccccc21)C(=O)O. The molecule has 9 nitrogen and oxygen atoms in total. The van der Waals surface area contributed by atoms with Gasteiger partial charge >= 0.3 is 12.1 Å². The number of amides is 2. The Labute approximate surface area is 204 Å². The van der Waals surface area contributed by atoms with Gasteiger partial charge in [-0.1, -0.05) is 48.5 Å². The van der Waals surface area contributed by atoms with Crippen molar-refractivity contribution in [2.24, 2.45) is 0 Å². The van der Waals surface area contributed by atoms with Crippen LogP contribution in [0.4, 0.5) is 4.79 Å². The average Bonchev–Trinajstić information content (AvgIpc) is 3.18. The van der Waals surface area contributed by atoms with E-state index in [0.29, 0.717) is 13.0 Å². The quantitative estimate of drug-likeness (QED) is 0.374. The number of hydrogen-bond donors (Lipinski definition) is 3. The summed E-state index contributed by atoms with van der Waals surface area (Å²) in [5.41, 5.74) is 4.39. The van der Waals surface area contributed by atoms with E-state index >= 15 is 0 Å². The lowest BCUT2D eigenvalue weighted by Crippen LogP contribution is -2.52. The van der Waals surface area contributed by atoms with Crippen molar-refractivity contribution in [1.82, 2.24) is 10.6 Å². The maximum absolute atomic E-state index is 12.8. The van der Waals surface area contributed by atoms with Gasteiger partial charge < -0.3 is 30.0 Å². The molecule has 0 aromatic heterocycles. The maximum atomic E-state index is 12.8. The third-order valence-electron chi connectivity index (χ3n) is 6.02. The van der Waals surface area contributed by atoms with Crippen LogP contribution in [-0.4, -0.2) is 69.2 Å². The van der Waals surface area contributed by atoms with Gasteiger partial charge in [-0.05, 0) is 35.1 Å². The zero-order valence-electron chi connectivity index (χ0n) is 20.0. The van der Waals surface area contributed by atoms with Crippen molar-refractivity contribution in [2.75, 3.05) is 34.0 Å². The van der Waals surface area contributed by atoms with E-state index < -0.39 is 30.1 Å². The van der Waals surface area contributed by atoms with Crippen LogP contribution in [0.1, 0.15) is 36.3 Å². The molecule has 2 aromatic rings. The van der Waals surface area contributed by atoms with Crippen molar-refractivity contribution in [3.63, 3.8) is 0 Å². The Kier molecular flexibility index (Phi) is 9.63. The highest BCUT2D eigenvalue weighted by Gasteiger charge is 2.30. The lowest BCUT2D eigenvalue weighted by atomic mass is 9.98. The smallest absolute Gasteiger partial charge is 0.407 e. The Morgan fingerprint density at radius 1 is 0.857 bits per heavy atom. The van der Waals surface area contributed by atoms with Crippen molar-refractivity contribution in [1.29, 1.82) is 0 Å². The van der Waals surface area contributed by atoms with Crippen LogP contribution in [0, 0.1) is 0 Å². The summed E-state index contributed by atoms with van der Waals surface area (Å²) in [6.07, 6.45) is 0.0822. The van der Waals surface area contributed by atoms with Crippen molar-refractivity contribution >= 4 is 18.0 Å². The van der Waals surface area contributed by atoms with Gasteiger partial charge in [-0.3, -0.25) is 4.79 Å². The van der Waals surface area contributed by atoms with Gasteiger partial charge in [0.2, 0.25) is 5.91 Å². The second-order valence-corrected chi connectivity index (χ2v) is 8.34. The topological polar surface area (TPSA) is 123 Å². The van der Waals surface area contributed by atoms with Crippen LogP contribution < -0.4 is 10.6 Å². The first-order chi connectivity index (χ1) is 17.0. The summed E-state index contributed by atoms with van der Waals surface area (Å²) >= 11 is 0. The first kappa shape index (κ1) is 26.2. The minimum atomic E-state index is -1.15. The molecule has 1 aliphatic carbocycles. The molecule has 35 heavy (non-hydrogen) atoms. The Morgan fingerprint density at radius 3 is 2.03 bits per heavy atom. The Morgan fingerprint density at radius 2 is 1.46 bits per heavy atom. The second-order valence-electron chi connectivity index (χ2n) is 8.34. The van der Waals surface area contributed by atoms with E-state index in [-0.39, 0.29) is 32.0 Å². The number of ether oxygens (including phenoxy) is 3. The van der Waals surface area contributed by atoms with Gasteiger partial charge in [0.25, 0.3) is 0 Å². The van der Waals surface area contributed by atoms with Crippen molar-refractivity contribution in [2.45, 2.75) is 37.3 Å². The summed E-state index contributed by atoms with van der Waals surface area (Å²) in [7, 11) is 3.00. The maximum Gasteiger partial charge on any atom is 0.407 e. The summed E-state index contributed by atoms with van der Waals surface area (Å²) < 4.78 is 15.5. The van der Waals surface area contributed by atoms with Crippen LogP contribution in [-0.2, 0) is 23.8 Å². The molecular formula is C26H32N2O7. The Hall–Kier alpha value is -3.43. The molecule has 0 heterocycles. The number of methoxy groups -OCH3 is 2. The summed E-state index contributed by atoms with van der Waals surface area (Å²) in [4.78, 5) is 37.0. The highest BCUT2D eigenvalue weighted by atomic mass is 16.5. The molecule has 2 amide bonds. The zero-order chi connectivity index (χ0) is 25.2. The number of fused-ring (bicyclic) bond motifs is 3.